The average Bonchev–Trinajstić information content (AvgIpc) is 3.70. The van der Waals surface area contributed by atoms with Crippen LogP contribution in [-0.4, -0.2) is 83.4 Å². The molecule has 3 aromatic carbocycles. The fourth-order valence-electron chi connectivity index (χ4n) is 6.29. The van der Waals surface area contributed by atoms with Gasteiger partial charge in [0.15, 0.2) is 25.7 Å². The Balaban J connectivity index is 1.28. The molecule has 1 fully saturated rings. The number of fused-ring (bicyclic) bond motifs is 1. The van der Waals surface area contributed by atoms with E-state index in [1.807, 2.05) is 78.9 Å². The highest BCUT2D eigenvalue weighted by molar-refractivity contribution is 6.74. The maximum Gasteiger partial charge on any atom is 0.281 e. The van der Waals surface area contributed by atoms with Crippen LogP contribution in [0.2, 0.25) is 18.1 Å². The number of aromatic nitrogens is 4. The summed E-state index contributed by atoms with van der Waals surface area (Å²) in [6.07, 6.45) is -1.86. The Morgan fingerprint density at radius 1 is 0.808 bits per heavy atom. The van der Waals surface area contributed by atoms with Gasteiger partial charge in [-0.25, -0.2) is 9.97 Å². The normalized spacial score (nSPS) is 19.6. The van der Waals surface area contributed by atoms with E-state index in [4.69, 9.17) is 23.4 Å². The summed E-state index contributed by atoms with van der Waals surface area (Å²) in [5.74, 6) is 1.38. The zero-order valence-electron chi connectivity index (χ0n) is 30.7. The zero-order valence-corrected chi connectivity index (χ0v) is 31.7. The largest absolute Gasteiger partial charge is 0.497 e. The summed E-state index contributed by atoms with van der Waals surface area (Å²) in [5, 5.41) is 22.7. The maximum absolute atomic E-state index is 13.4. The second kappa shape index (κ2) is 14.9. The number of methoxy groups -OCH3 is 2. The molecule has 6 rings (SSSR count). The van der Waals surface area contributed by atoms with Gasteiger partial charge in [-0.05, 0) is 59.1 Å². The van der Waals surface area contributed by atoms with Crippen molar-refractivity contribution in [2.75, 3.05) is 27.4 Å². The van der Waals surface area contributed by atoms with Crippen molar-refractivity contribution in [1.82, 2.24) is 19.1 Å². The predicted molar refractivity (Wildman–Crippen MR) is 199 cm³/mol. The van der Waals surface area contributed by atoms with Gasteiger partial charge in [0.05, 0.1) is 33.8 Å². The van der Waals surface area contributed by atoms with Crippen LogP contribution in [0.4, 0.5) is 0 Å². The van der Waals surface area contributed by atoms with E-state index in [9.17, 15) is 15.0 Å². The molecular formula is C39H48N4O8Si. The van der Waals surface area contributed by atoms with Crippen molar-refractivity contribution >= 4 is 19.5 Å². The number of imidazole rings is 1. The molecule has 0 bridgehead atoms. The molecule has 0 radical (unpaired) electrons. The van der Waals surface area contributed by atoms with Gasteiger partial charge < -0.3 is 33.6 Å². The number of hydrogen-bond donors (Lipinski definition) is 2. The van der Waals surface area contributed by atoms with Crippen LogP contribution in [0, 0.1) is 0 Å². The molecule has 2 aromatic heterocycles. The first-order valence-electron chi connectivity index (χ1n) is 17.4. The fourth-order valence-corrected chi connectivity index (χ4v) is 7.32. The highest BCUT2D eigenvalue weighted by Gasteiger charge is 2.47. The molecule has 52 heavy (non-hydrogen) atoms. The molecule has 3 heterocycles. The van der Waals surface area contributed by atoms with Crippen LogP contribution in [-0.2, 0) is 26.0 Å². The van der Waals surface area contributed by atoms with Gasteiger partial charge in [-0.2, -0.15) is 0 Å². The van der Waals surface area contributed by atoms with Gasteiger partial charge in [0.25, 0.3) is 5.56 Å². The maximum atomic E-state index is 13.4. The lowest BCUT2D eigenvalue weighted by atomic mass is 9.80. The number of aliphatic hydroxyl groups is 2. The molecule has 0 aliphatic carbocycles. The van der Waals surface area contributed by atoms with Crippen LogP contribution in [0.3, 0.4) is 0 Å². The Bertz CT molecular complexity index is 1960. The van der Waals surface area contributed by atoms with E-state index in [2.05, 4.69) is 43.8 Å². The molecule has 2 N–H and O–H groups in total. The Labute approximate surface area is 304 Å². The van der Waals surface area contributed by atoms with Gasteiger partial charge >= 0.3 is 0 Å². The predicted octanol–water partition coefficient (Wildman–Crippen LogP) is 5.26. The van der Waals surface area contributed by atoms with E-state index < -0.39 is 38.5 Å². The number of aliphatic hydroxyl groups excluding tert-OH is 2. The van der Waals surface area contributed by atoms with Crippen LogP contribution in [0.15, 0.2) is 96.3 Å². The Kier molecular flexibility index (Phi) is 10.7. The lowest BCUT2D eigenvalue weighted by Crippen LogP contribution is -2.41. The second-order valence-electron chi connectivity index (χ2n) is 14.5. The molecule has 1 saturated heterocycles. The summed E-state index contributed by atoms with van der Waals surface area (Å²) in [6, 6.07) is 25.0. The third-order valence-corrected chi connectivity index (χ3v) is 14.9. The smallest absolute Gasteiger partial charge is 0.281 e. The standard InChI is InChI=1S/C39H48N4O8Si/c1-38(2,3)52(6,7)50-22-21-42-24-41-35-32(36(42)46)40-25-43(35)37-34(45)33(44)31(51-37)23-49-39(26-11-9-8-10-12-26,27-13-17-29(47-4)18-14-27)28-15-19-30(48-5)20-16-28/h8-20,24-25,31,33-34,37,44-45H,21-23H2,1-7H3/t31-,33-,34-,37-/m1/s1. The van der Waals surface area contributed by atoms with E-state index in [0.29, 0.717) is 24.7 Å². The van der Waals surface area contributed by atoms with E-state index in [1.54, 1.807) is 14.2 Å². The molecule has 12 nitrogen and oxygen atoms in total. The third-order valence-electron chi connectivity index (χ3n) is 10.4. The second-order valence-corrected chi connectivity index (χ2v) is 19.3. The number of benzene rings is 3. The summed E-state index contributed by atoms with van der Waals surface area (Å²) in [6.45, 7) is 11.4. The van der Waals surface area contributed by atoms with Gasteiger partial charge in [-0.3, -0.25) is 13.9 Å². The van der Waals surface area contributed by atoms with E-state index in [0.717, 1.165) is 16.7 Å². The van der Waals surface area contributed by atoms with Gasteiger partial charge in [-0.15, -0.1) is 0 Å². The Morgan fingerprint density at radius 2 is 1.38 bits per heavy atom. The molecular weight excluding hydrogens is 681 g/mol. The van der Waals surface area contributed by atoms with Crippen LogP contribution in [0.5, 0.6) is 11.5 Å². The van der Waals surface area contributed by atoms with Gasteiger partial charge in [0.1, 0.15) is 41.7 Å². The first-order valence-corrected chi connectivity index (χ1v) is 20.3. The molecule has 0 spiro atoms. The van der Waals surface area contributed by atoms with Gasteiger partial charge in [0.2, 0.25) is 0 Å². The zero-order chi connectivity index (χ0) is 37.3. The van der Waals surface area contributed by atoms with Crippen molar-refractivity contribution in [3.63, 3.8) is 0 Å². The lowest BCUT2D eigenvalue weighted by molar-refractivity contribution is -0.0942. The van der Waals surface area contributed by atoms with Crippen molar-refractivity contribution in [2.45, 2.75) is 75.6 Å². The first kappa shape index (κ1) is 37.4. The molecule has 0 amide bonds. The van der Waals surface area contributed by atoms with Crippen molar-refractivity contribution in [3.05, 3.63) is 119 Å². The average molecular weight is 729 g/mol. The topological polar surface area (TPSA) is 139 Å². The molecule has 5 aromatic rings. The van der Waals surface area contributed by atoms with Crippen molar-refractivity contribution in [2.24, 2.45) is 0 Å². The summed E-state index contributed by atoms with van der Waals surface area (Å²) >= 11 is 0. The van der Waals surface area contributed by atoms with Crippen molar-refractivity contribution in [3.8, 4) is 11.5 Å². The third kappa shape index (κ3) is 7.04. The highest BCUT2D eigenvalue weighted by atomic mass is 28.4. The Morgan fingerprint density at radius 3 is 1.94 bits per heavy atom. The van der Waals surface area contributed by atoms with Crippen LogP contribution >= 0.6 is 0 Å². The molecule has 1 aliphatic rings. The summed E-state index contributed by atoms with van der Waals surface area (Å²) in [4.78, 5) is 22.3. The van der Waals surface area contributed by atoms with E-state index in [1.165, 1.54) is 21.8 Å². The van der Waals surface area contributed by atoms with E-state index in [-0.39, 0.29) is 28.4 Å². The Hall–Kier alpha value is -4.37. The summed E-state index contributed by atoms with van der Waals surface area (Å²) in [7, 11) is 1.23. The molecule has 4 atom stereocenters. The SMILES string of the molecule is COc1ccc(C(OC[C@H]2O[C@@H](n3cnc4c(=O)n(CCO[Si](C)(C)C(C)(C)C)cnc43)[C@H](O)[C@@H]2O)(c2ccccc2)c2ccc(OC)cc2)cc1. The van der Waals surface area contributed by atoms with Gasteiger partial charge in [0, 0.05) is 6.54 Å². The number of rotatable bonds is 13. The van der Waals surface area contributed by atoms with Crippen LogP contribution in [0.25, 0.3) is 11.2 Å². The fraction of sp³-hybridized carbons (Fsp3) is 0.410. The molecule has 0 saturated carbocycles. The highest BCUT2D eigenvalue weighted by Crippen LogP contribution is 2.43. The first-order chi connectivity index (χ1) is 24.8. The minimum absolute atomic E-state index is 0.0446. The summed E-state index contributed by atoms with van der Waals surface area (Å²) in [5.41, 5.74) is 1.33. The molecule has 1 aliphatic heterocycles. The monoisotopic (exact) mass is 728 g/mol. The number of hydrogen-bond acceptors (Lipinski definition) is 10. The minimum atomic E-state index is -1.99. The molecule has 13 heteroatoms. The molecule has 0 unspecified atom stereocenters. The summed E-state index contributed by atoms with van der Waals surface area (Å²) < 4.78 is 33.4. The number of nitrogens with zero attached hydrogens (tertiary/aromatic N) is 4. The quantitative estimate of drug-likeness (QED) is 0.122. The minimum Gasteiger partial charge on any atom is -0.497 e. The van der Waals surface area contributed by atoms with Crippen molar-refractivity contribution < 1.29 is 33.6 Å². The van der Waals surface area contributed by atoms with Crippen LogP contribution < -0.4 is 15.0 Å². The van der Waals surface area contributed by atoms with Crippen LogP contribution in [0.1, 0.15) is 43.7 Å². The number of ether oxygens (including phenoxy) is 4. The lowest BCUT2D eigenvalue weighted by Gasteiger charge is -2.37. The molecule has 276 valence electrons. The van der Waals surface area contributed by atoms with E-state index >= 15 is 0 Å². The van der Waals surface area contributed by atoms with Gasteiger partial charge in [-0.1, -0.05) is 75.4 Å². The van der Waals surface area contributed by atoms with Crippen molar-refractivity contribution in [1.29, 1.82) is 0 Å².